The molecule has 1 rings (SSSR count). The van der Waals surface area contributed by atoms with Crippen molar-refractivity contribution in [2.75, 3.05) is 35.0 Å². The van der Waals surface area contributed by atoms with Crippen LogP contribution < -0.4 is 0 Å². The Morgan fingerprint density at radius 1 is 1.00 bits per heavy atom. The highest BCUT2D eigenvalue weighted by atomic mass is 16.6. The molecule has 0 bridgehead atoms. The van der Waals surface area contributed by atoms with E-state index < -0.39 is 12.2 Å². The van der Waals surface area contributed by atoms with E-state index in [1.807, 2.05) is 0 Å². The predicted molar refractivity (Wildman–Crippen MR) is 59.0 cm³/mol. The zero-order valence-electron chi connectivity index (χ0n) is 10.6. The van der Waals surface area contributed by atoms with Crippen molar-refractivity contribution in [2.24, 2.45) is 0 Å². The largest absolute Gasteiger partial charge is 0.382 e. The van der Waals surface area contributed by atoms with E-state index in [1.54, 1.807) is 21.3 Å². The highest BCUT2D eigenvalue weighted by Crippen LogP contribution is 2.26. The van der Waals surface area contributed by atoms with E-state index in [9.17, 15) is 4.79 Å². The number of rotatable bonds is 6. The molecule has 0 radical (unpaired) electrons. The van der Waals surface area contributed by atoms with Gasteiger partial charge in [0, 0.05) is 28.4 Å². The molecule has 1 saturated heterocycles. The van der Waals surface area contributed by atoms with Crippen LogP contribution in [-0.2, 0) is 28.5 Å². The summed E-state index contributed by atoms with van der Waals surface area (Å²) in [6.45, 7) is 0.332. The molecule has 0 aromatic carbocycles. The molecule has 0 spiro atoms. The Balaban J connectivity index is 2.88. The lowest BCUT2D eigenvalue weighted by Gasteiger charge is -2.43. The quantitative estimate of drug-likeness (QED) is 0.598. The van der Waals surface area contributed by atoms with Crippen molar-refractivity contribution in [2.45, 2.75) is 30.5 Å². The van der Waals surface area contributed by atoms with Gasteiger partial charge in [-0.1, -0.05) is 0 Å². The molecule has 5 atom stereocenters. The van der Waals surface area contributed by atoms with E-state index in [0.29, 0.717) is 12.9 Å². The normalized spacial score (nSPS) is 38.0. The Kier molecular flexibility index (Phi) is 6.01. The Bertz CT molecular complexity index is 234. The molecule has 0 aromatic rings. The molecule has 1 aliphatic rings. The molecule has 6 heteroatoms. The molecule has 0 N–H and O–H groups in total. The summed E-state index contributed by atoms with van der Waals surface area (Å²) in [6, 6.07) is 0. The van der Waals surface area contributed by atoms with Crippen LogP contribution in [0.15, 0.2) is 0 Å². The van der Waals surface area contributed by atoms with Gasteiger partial charge in [-0.25, -0.2) is 0 Å². The fraction of sp³-hybridized carbons (Fsp3) is 0.909. The van der Waals surface area contributed by atoms with Crippen LogP contribution in [0.4, 0.5) is 0 Å². The summed E-state index contributed by atoms with van der Waals surface area (Å²) in [4.78, 5) is 11.0. The topological polar surface area (TPSA) is 63.2 Å². The van der Waals surface area contributed by atoms with Crippen molar-refractivity contribution in [1.82, 2.24) is 0 Å². The number of hydrogen-bond acceptors (Lipinski definition) is 6. The minimum atomic E-state index is -0.670. The first-order valence-electron chi connectivity index (χ1n) is 5.41. The predicted octanol–water partition coefficient (Wildman–Crippen LogP) is -0.356. The molecule has 0 amide bonds. The Morgan fingerprint density at radius 2 is 1.59 bits per heavy atom. The molecule has 0 aliphatic carbocycles. The van der Waals surface area contributed by atoms with Gasteiger partial charge in [0.25, 0.3) is 0 Å². The van der Waals surface area contributed by atoms with Crippen LogP contribution in [-0.4, -0.2) is 71.9 Å². The van der Waals surface area contributed by atoms with Crippen molar-refractivity contribution < 1.29 is 28.5 Å². The number of ether oxygens (including phenoxy) is 5. The van der Waals surface area contributed by atoms with E-state index in [1.165, 1.54) is 7.11 Å². The molecule has 0 unspecified atom stereocenters. The van der Waals surface area contributed by atoms with Gasteiger partial charge in [-0.2, -0.15) is 0 Å². The first kappa shape index (κ1) is 14.5. The number of aldehydes is 1. The SMILES string of the molecule is COC[C@H]1O[C@H](C=O)[C@@H](OC)[C@@H](OC)[C@@H]1OC. The summed E-state index contributed by atoms with van der Waals surface area (Å²) < 4.78 is 26.6. The van der Waals surface area contributed by atoms with E-state index >= 15 is 0 Å². The maximum Gasteiger partial charge on any atom is 0.151 e. The zero-order valence-corrected chi connectivity index (χ0v) is 10.6. The van der Waals surface area contributed by atoms with Crippen LogP contribution in [0.2, 0.25) is 0 Å². The molecular weight excluding hydrogens is 228 g/mol. The average Bonchev–Trinajstić information content (AvgIpc) is 2.37. The van der Waals surface area contributed by atoms with Crippen molar-refractivity contribution in [3.63, 3.8) is 0 Å². The number of carbonyl (C=O) groups excluding carboxylic acids is 1. The summed E-state index contributed by atoms with van der Waals surface area (Å²) in [5.41, 5.74) is 0. The van der Waals surface area contributed by atoms with E-state index in [-0.39, 0.29) is 18.3 Å². The van der Waals surface area contributed by atoms with Crippen molar-refractivity contribution >= 4 is 6.29 Å². The van der Waals surface area contributed by atoms with Crippen LogP contribution in [0.25, 0.3) is 0 Å². The summed E-state index contributed by atoms with van der Waals surface area (Å²) >= 11 is 0. The number of hydrogen-bond donors (Lipinski definition) is 0. The third-order valence-electron chi connectivity index (χ3n) is 2.95. The van der Waals surface area contributed by atoms with E-state index in [4.69, 9.17) is 23.7 Å². The van der Waals surface area contributed by atoms with Crippen LogP contribution in [0.3, 0.4) is 0 Å². The van der Waals surface area contributed by atoms with Crippen LogP contribution in [0, 0.1) is 0 Å². The standard InChI is InChI=1S/C11H20O6/c1-13-6-8-10(15-3)11(16-4)9(14-2)7(5-12)17-8/h5,7-11H,6H2,1-4H3/t7-,8-,9-,10-,11-/m1/s1. The fourth-order valence-electron chi connectivity index (χ4n) is 2.17. The molecule has 1 heterocycles. The van der Waals surface area contributed by atoms with Gasteiger partial charge in [-0.15, -0.1) is 0 Å². The zero-order chi connectivity index (χ0) is 12.8. The van der Waals surface area contributed by atoms with Gasteiger partial charge in [0.1, 0.15) is 30.5 Å². The van der Waals surface area contributed by atoms with Gasteiger partial charge in [-0.05, 0) is 0 Å². The fourth-order valence-corrected chi connectivity index (χ4v) is 2.17. The van der Waals surface area contributed by atoms with Crippen LogP contribution in [0.5, 0.6) is 0 Å². The van der Waals surface area contributed by atoms with Crippen molar-refractivity contribution in [1.29, 1.82) is 0 Å². The first-order chi connectivity index (χ1) is 8.23. The van der Waals surface area contributed by atoms with Gasteiger partial charge in [0.2, 0.25) is 0 Å². The van der Waals surface area contributed by atoms with E-state index in [0.717, 1.165) is 0 Å². The maximum atomic E-state index is 11.0. The van der Waals surface area contributed by atoms with Crippen LogP contribution >= 0.6 is 0 Å². The highest BCUT2D eigenvalue weighted by Gasteiger charge is 2.46. The van der Waals surface area contributed by atoms with Crippen molar-refractivity contribution in [3.05, 3.63) is 0 Å². The molecule has 17 heavy (non-hydrogen) atoms. The second-order valence-electron chi connectivity index (χ2n) is 3.83. The molecule has 100 valence electrons. The summed E-state index contributed by atoms with van der Waals surface area (Å²) in [5.74, 6) is 0. The Morgan fingerprint density at radius 3 is 2.00 bits per heavy atom. The lowest BCUT2D eigenvalue weighted by atomic mass is 9.95. The minimum Gasteiger partial charge on any atom is -0.382 e. The average molecular weight is 248 g/mol. The third-order valence-corrected chi connectivity index (χ3v) is 2.95. The lowest BCUT2D eigenvalue weighted by Crippen LogP contribution is -2.61. The Labute approximate surface area is 101 Å². The van der Waals surface area contributed by atoms with Gasteiger partial charge >= 0.3 is 0 Å². The molecule has 1 aliphatic heterocycles. The second-order valence-corrected chi connectivity index (χ2v) is 3.83. The monoisotopic (exact) mass is 248 g/mol. The summed E-state index contributed by atoms with van der Waals surface area (Å²) in [5, 5.41) is 0. The Hall–Kier alpha value is -0.530. The van der Waals surface area contributed by atoms with Gasteiger partial charge < -0.3 is 28.5 Å². The first-order valence-corrected chi connectivity index (χ1v) is 5.41. The summed E-state index contributed by atoms with van der Waals surface area (Å²) in [6.07, 6.45) is -1.48. The number of methoxy groups -OCH3 is 4. The molecule has 1 fully saturated rings. The molecule has 6 nitrogen and oxygen atoms in total. The van der Waals surface area contributed by atoms with Crippen molar-refractivity contribution in [3.8, 4) is 0 Å². The van der Waals surface area contributed by atoms with Crippen LogP contribution in [0.1, 0.15) is 0 Å². The lowest BCUT2D eigenvalue weighted by molar-refractivity contribution is -0.241. The third kappa shape index (κ3) is 3.02. The maximum absolute atomic E-state index is 11.0. The second kappa shape index (κ2) is 7.03. The highest BCUT2D eigenvalue weighted by molar-refractivity contribution is 5.57. The van der Waals surface area contributed by atoms with Gasteiger partial charge in [-0.3, -0.25) is 0 Å². The smallest absolute Gasteiger partial charge is 0.151 e. The molecular formula is C11H20O6. The van der Waals surface area contributed by atoms with Gasteiger partial charge in [0.15, 0.2) is 6.29 Å². The molecule has 0 saturated carbocycles. The number of carbonyl (C=O) groups is 1. The van der Waals surface area contributed by atoms with Gasteiger partial charge in [0.05, 0.1) is 6.61 Å². The van der Waals surface area contributed by atoms with E-state index in [2.05, 4.69) is 0 Å². The molecule has 0 aromatic heterocycles. The minimum absolute atomic E-state index is 0.332. The summed E-state index contributed by atoms with van der Waals surface area (Å²) in [7, 11) is 6.20.